The Labute approximate surface area is 110 Å². The lowest BCUT2D eigenvalue weighted by molar-refractivity contribution is 0.200. The third-order valence-electron chi connectivity index (χ3n) is 2.21. The highest BCUT2D eigenvalue weighted by molar-refractivity contribution is 9.10. The molecule has 0 radical (unpaired) electrons. The minimum absolute atomic E-state index is 0.0717. The molecule has 0 aromatic heterocycles. The van der Waals surface area contributed by atoms with E-state index in [1.54, 1.807) is 7.11 Å². The molecule has 0 saturated carbocycles. The first kappa shape index (κ1) is 14.0. The molecule has 0 bridgehead atoms. The van der Waals surface area contributed by atoms with Crippen molar-refractivity contribution in [3.8, 4) is 0 Å². The molecule has 4 heteroatoms. The molecule has 2 nitrogen and oxygen atoms in total. The fourth-order valence-electron chi connectivity index (χ4n) is 1.39. The van der Waals surface area contributed by atoms with Crippen LogP contribution in [0.25, 0.3) is 0 Å². The van der Waals surface area contributed by atoms with Crippen molar-refractivity contribution in [2.75, 3.05) is 19.5 Å². The van der Waals surface area contributed by atoms with Crippen LogP contribution in [0.15, 0.2) is 27.6 Å². The van der Waals surface area contributed by atoms with Gasteiger partial charge in [-0.3, -0.25) is 0 Å². The first-order valence-electron chi connectivity index (χ1n) is 5.32. The molecule has 1 aromatic rings. The summed E-state index contributed by atoms with van der Waals surface area (Å²) in [6.07, 6.45) is 1.07. The van der Waals surface area contributed by atoms with Crippen LogP contribution >= 0.6 is 27.7 Å². The molecule has 0 saturated heterocycles. The molecule has 0 aliphatic heterocycles. The summed E-state index contributed by atoms with van der Waals surface area (Å²) < 4.78 is 6.12. The summed E-state index contributed by atoms with van der Waals surface area (Å²) in [5.41, 5.74) is 7.16. The van der Waals surface area contributed by atoms with E-state index in [4.69, 9.17) is 10.5 Å². The molecule has 2 N–H and O–H groups in total. The number of hydrogen-bond acceptors (Lipinski definition) is 3. The molecule has 1 rings (SSSR count). The minimum Gasteiger partial charge on any atom is -0.385 e. The number of benzene rings is 1. The van der Waals surface area contributed by atoms with E-state index in [-0.39, 0.29) is 6.04 Å². The Kier molecular flexibility index (Phi) is 6.43. The van der Waals surface area contributed by atoms with Gasteiger partial charge in [0.15, 0.2) is 0 Å². The van der Waals surface area contributed by atoms with Crippen LogP contribution in [0.3, 0.4) is 0 Å². The first-order valence-corrected chi connectivity index (χ1v) is 7.09. The van der Waals surface area contributed by atoms with Crippen LogP contribution in [-0.4, -0.2) is 19.5 Å². The standard InChI is InChI=1S/C12H18BrNOS/c1-9(14)11-8-10(13)4-5-12(11)16-7-3-6-15-2/h4-5,8-9H,3,6-7,14H2,1-2H3. The summed E-state index contributed by atoms with van der Waals surface area (Å²) in [5.74, 6) is 1.06. The third kappa shape index (κ3) is 4.45. The van der Waals surface area contributed by atoms with Crippen LogP contribution in [0.2, 0.25) is 0 Å². The zero-order valence-electron chi connectivity index (χ0n) is 9.70. The van der Waals surface area contributed by atoms with Crippen molar-refractivity contribution in [1.82, 2.24) is 0 Å². The van der Waals surface area contributed by atoms with E-state index < -0.39 is 0 Å². The van der Waals surface area contributed by atoms with Crippen LogP contribution in [0.1, 0.15) is 24.9 Å². The van der Waals surface area contributed by atoms with Gasteiger partial charge in [-0.05, 0) is 37.1 Å². The van der Waals surface area contributed by atoms with Crippen LogP contribution in [-0.2, 0) is 4.74 Å². The Hall–Kier alpha value is -0.0300. The van der Waals surface area contributed by atoms with E-state index in [1.165, 1.54) is 10.5 Å². The average molecular weight is 304 g/mol. The Morgan fingerprint density at radius 3 is 2.88 bits per heavy atom. The Morgan fingerprint density at radius 1 is 1.50 bits per heavy atom. The quantitative estimate of drug-likeness (QED) is 0.644. The summed E-state index contributed by atoms with van der Waals surface area (Å²) in [6, 6.07) is 6.36. The molecule has 1 atom stereocenters. The molecule has 0 aliphatic carbocycles. The minimum atomic E-state index is 0.0717. The molecule has 0 fully saturated rings. The number of hydrogen-bond donors (Lipinski definition) is 1. The Morgan fingerprint density at radius 2 is 2.25 bits per heavy atom. The lowest BCUT2D eigenvalue weighted by atomic mass is 10.1. The topological polar surface area (TPSA) is 35.2 Å². The summed E-state index contributed by atoms with van der Waals surface area (Å²) in [5, 5.41) is 0. The fraction of sp³-hybridized carbons (Fsp3) is 0.500. The highest BCUT2D eigenvalue weighted by atomic mass is 79.9. The van der Waals surface area contributed by atoms with Crippen molar-refractivity contribution < 1.29 is 4.74 Å². The molecule has 0 amide bonds. The SMILES string of the molecule is COCCCSc1ccc(Br)cc1C(C)N. The third-order valence-corrected chi connectivity index (χ3v) is 3.88. The highest BCUT2D eigenvalue weighted by Crippen LogP contribution is 2.29. The monoisotopic (exact) mass is 303 g/mol. The maximum Gasteiger partial charge on any atom is 0.0470 e. The number of methoxy groups -OCH3 is 1. The first-order chi connectivity index (χ1) is 7.65. The van der Waals surface area contributed by atoms with E-state index in [2.05, 4.69) is 34.1 Å². The summed E-state index contributed by atoms with van der Waals surface area (Å²) in [7, 11) is 1.73. The number of nitrogens with two attached hydrogens (primary N) is 1. The Balaban J connectivity index is 2.64. The maximum absolute atomic E-state index is 5.95. The molecule has 0 heterocycles. The van der Waals surface area contributed by atoms with Gasteiger partial charge < -0.3 is 10.5 Å². The molecular formula is C12H18BrNOS. The smallest absolute Gasteiger partial charge is 0.0470 e. The van der Waals surface area contributed by atoms with Crippen LogP contribution in [0, 0.1) is 0 Å². The van der Waals surface area contributed by atoms with Crippen LogP contribution in [0.4, 0.5) is 0 Å². The second kappa shape index (κ2) is 7.33. The van der Waals surface area contributed by atoms with Crippen molar-refractivity contribution >= 4 is 27.7 Å². The molecule has 16 heavy (non-hydrogen) atoms. The van der Waals surface area contributed by atoms with Crippen LogP contribution in [0.5, 0.6) is 0 Å². The summed E-state index contributed by atoms with van der Waals surface area (Å²) >= 11 is 5.32. The average Bonchev–Trinajstić information content (AvgIpc) is 2.26. The maximum atomic E-state index is 5.95. The normalized spacial score (nSPS) is 12.8. The van der Waals surface area contributed by atoms with Crippen molar-refractivity contribution in [3.63, 3.8) is 0 Å². The zero-order chi connectivity index (χ0) is 12.0. The molecule has 90 valence electrons. The largest absolute Gasteiger partial charge is 0.385 e. The second-order valence-corrected chi connectivity index (χ2v) is 5.72. The van der Waals surface area contributed by atoms with Gasteiger partial charge in [0.25, 0.3) is 0 Å². The van der Waals surface area contributed by atoms with E-state index in [0.29, 0.717) is 0 Å². The zero-order valence-corrected chi connectivity index (χ0v) is 12.1. The fourth-order valence-corrected chi connectivity index (χ4v) is 2.83. The predicted molar refractivity (Wildman–Crippen MR) is 74.0 cm³/mol. The van der Waals surface area contributed by atoms with Gasteiger partial charge in [0.05, 0.1) is 0 Å². The molecule has 1 unspecified atom stereocenters. The lowest BCUT2D eigenvalue weighted by Gasteiger charge is -2.12. The van der Waals surface area contributed by atoms with Gasteiger partial charge in [-0.2, -0.15) is 0 Å². The molecule has 0 spiro atoms. The number of rotatable bonds is 6. The van der Waals surface area contributed by atoms with Gasteiger partial charge >= 0.3 is 0 Å². The van der Waals surface area contributed by atoms with Crippen LogP contribution < -0.4 is 5.73 Å². The summed E-state index contributed by atoms with van der Waals surface area (Å²) in [6.45, 7) is 2.83. The number of halogens is 1. The van der Waals surface area contributed by atoms with Crippen molar-refractivity contribution in [2.45, 2.75) is 24.3 Å². The van der Waals surface area contributed by atoms with Gasteiger partial charge in [0.2, 0.25) is 0 Å². The van der Waals surface area contributed by atoms with E-state index in [9.17, 15) is 0 Å². The van der Waals surface area contributed by atoms with Gasteiger partial charge in [-0.15, -0.1) is 11.8 Å². The number of ether oxygens (including phenoxy) is 1. The number of thioether (sulfide) groups is 1. The van der Waals surface area contributed by atoms with Gasteiger partial charge in [0.1, 0.15) is 0 Å². The molecular weight excluding hydrogens is 286 g/mol. The van der Waals surface area contributed by atoms with Crippen molar-refractivity contribution in [3.05, 3.63) is 28.2 Å². The molecule has 0 aliphatic rings. The van der Waals surface area contributed by atoms with Crippen molar-refractivity contribution in [2.24, 2.45) is 5.73 Å². The Bertz CT molecular complexity index is 331. The van der Waals surface area contributed by atoms with E-state index in [0.717, 1.165) is 23.3 Å². The van der Waals surface area contributed by atoms with Gasteiger partial charge in [-0.25, -0.2) is 0 Å². The van der Waals surface area contributed by atoms with Gasteiger partial charge in [-0.1, -0.05) is 15.9 Å². The van der Waals surface area contributed by atoms with E-state index >= 15 is 0 Å². The van der Waals surface area contributed by atoms with Gasteiger partial charge in [0, 0.05) is 34.9 Å². The summed E-state index contributed by atoms with van der Waals surface area (Å²) in [4.78, 5) is 1.27. The predicted octanol–water partition coefficient (Wildman–Crippen LogP) is 3.60. The van der Waals surface area contributed by atoms with Crippen molar-refractivity contribution in [1.29, 1.82) is 0 Å². The highest BCUT2D eigenvalue weighted by Gasteiger charge is 2.07. The lowest BCUT2D eigenvalue weighted by Crippen LogP contribution is -2.06. The second-order valence-electron chi connectivity index (χ2n) is 3.67. The molecule has 1 aromatic carbocycles. The van der Waals surface area contributed by atoms with E-state index in [1.807, 2.05) is 18.7 Å².